The summed E-state index contributed by atoms with van der Waals surface area (Å²) in [5.74, 6) is 0.927. The molecule has 0 radical (unpaired) electrons. The van der Waals surface area contributed by atoms with Crippen molar-refractivity contribution in [1.29, 1.82) is 0 Å². The summed E-state index contributed by atoms with van der Waals surface area (Å²) in [5, 5.41) is 3.50. The van der Waals surface area contributed by atoms with Crippen LogP contribution in [0.2, 0.25) is 0 Å². The fourth-order valence-corrected chi connectivity index (χ4v) is 1.28. The van der Waals surface area contributed by atoms with E-state index in [1.54, 1.807) is 0 Å². The molecule has 0 bridgehead atoms. The van der Waals surface area contributed by atoms with Crippen molar-refractivity contribution >= 4 is 5.69 Å². The summed E-state index contributed by atoms with van der Waals surface area (Å²) in [6.45, 7) is 11.6. The van der Waals surface area contributed by atoms with Crippen LogP contribution in [0.25, 0.3) is 0 Å². The molecule has 0 aliphatic carbocycles. The zero-order valence-corrected chi connectivity index (χ0v) is 11.0. The predicted molar refractivity (Wildman–Crippen MR) is 70.2 cm³/mol. The minimum Gasteiger partial charge on any atom is -0.494 e. The Morgan fingerprint density at radius 2 is 1.75 bits per heavy atom. The van der Waals surface area contributed by atoms with Gasteiger partial charge in [-0.3, -0.25) is 0 Å². The van der Waals surface area contributed by atoms with Gasteiger partial charge in [-0.15, -0.1) is 0 Å². The van der Waals surface area contributed by atoms with Gasteiger partial charge < -0.3 is 10.1 Å². The number of nitrogens with one attached hydrogen (secondary N) is 1. The molecular formula is C14H23NO. The van der Waals surface area contributed by atoms with Crippen LogP contribution in [0, 0.1) is 5.41 Å². The SMILES string of the molecule is CCOc1ccc(NC(C)C(C)(C)C)cc1. The number of benzene rings is 1. The first kappa shape index (κ1) is 12.9. The van der Waals surface area contributed by atoms with Crippen LogP contribution in [0.15, 0.2) is 24.3 Å². The Labute approximate surface area is 99.0 Å². The third-order valence-electron chi connectivity index (χ3n) is 2.85. The largest absolute Gasteiger partial charge is 0.494 e. The minimum atomic E-state index is 0.262. The molecule has 0 aliphatic heterocycles. The van der Waals surface area contributed by atoms with Crippen molar-refractivity contribution in [2.24, 2.45) is 5.41 Å². The van der Waals surface area contributed by atoms with Gasteiger partial charge in [0.2, 0.25) is 0 Å². The Hall–Kier alpha value is -1.18. The predicted octanol–water partition coefficient (Wildman–Crippen LogP) is 3.93. The lowest BCUT2D eigenvalue weighted by Gasteiger charge is -2.29. The topological polar surface area (TPSA) is 21.3 Å². The van der Waals surface area contributed by atoms with Gasteiger partial charge in [-0.25, -0.2) is 0 Å². The van der Waals surface area contributed by atoms with E-state index in [2.05, 4.69) is 45.1 Å². The van der Waals surface area contributed by atoms with E-state index >= 15 is 0 Å². The van der Waals surface area contributed by atoms with Crippen molar-refractivity contribution in [3.63, 3.8) is 0 Å². The Morgan fingerprint density at radius 3 is 2.19 bits per heavy atom. The second-order valence-electron chi connectivity index (χ2n) is 5.19. The highest BCUT2D eigenvalue weighted by Crippen LogP contribution is 2.23. The average molecular weight is 221 g/mol. The Morgan fingerprint density at radius 1 is 1.19 bits per heavy atom. The normalized spacial score (nSPS) is 13.3. The summed E-state index contributed by atoms with van der Waals surface area (Å²) >= 11 is 0. The van der Waals surface area contributed by atoms with E-state index in [4.69, 9.17) is 4.74 Å². The maximum atomic E-state index is 5.41. The van der Waals surface area contributed by atoms with Crippen LogP contribution in [0.5, 0.6) is 5.75 Å². The molecule has 0 fully saturated rings. The highest BCUT2D eigenvalue weighted by atomic mass is 16.5. The van der Waals surface area contributed by atoms with E-state index in [0.29, 0.717) is 12.6 Å². The van der Waals surface area contributed by atoms with E-state index < -0.39 is 0 Å². The lowest BCUT2D eigenvalue weighted by Crippen LogP contribution is -2.30. The van der Waals surface area contributed by atoms with Crippen LogP contribution in [0.4, 0.5) is 5.69 Å². The molecule has 2 nitrogen and oxygen atoms in total. The van der Waals surface area contributed by atoms with Crippen LogP contribution >= 0.6 is 0 Å². The van der Waals surface area contributed by atoms with Gasteiger partial charge in [0.05, 0.1) is 6.61 Å². The Bertz CT molecular complexity index is 311. The van der Waals surface area contributed by atoms with Crippen molar-refractivity contribution in [3.8, 4) is 5.75 Å². The molecule has 1 N–H and O–H groups in total. The van der Waals surface area contributed by atoms with E-state index in [-0.39, 0.29) is 5.41 Å². The monoisotopic (exact) mass is 221 g/mol. The van der Waals surface area contributed by atoms with Crippen LogP contribution < -0.4 is 10.1 Å². The molecule has 90 valence electrons. The number of rotatable bonds is 4. The zero-order chi connectivity index (χ0) is 12.2. The van der Waals surface area contributed by atoms with Crippen molar-refractivity contribution in [2.75, 3.05) is 11.9 Å². The Kier molecular flexibility index (Phi) is 4.22. The second-order valence-corrected chi connectivity index (χ2v) is 5.19. The first-order valence-corrected chi connectivity index (χ1v) is 5.93. The van der Waals surface area contributed by atoms with Gasteiger partial charge in [0.15, 0.2) is 0 Å². The van der Waals surface area contributed by atoms with Gasteiger partial charge in [-0.1, -0.05) is 20.8 Å². The molecule has 1 aromatic rings. The third kappa shape index (κ3) is 3.76. The van der Waals surface area contributed by atoms with Gasteiger partial charge in [0.25, 0.3) is 0 Å². The standard InChI is InChI=1S/C14H23NO/c1-6-16-13-9-7-12(8-10-13)15-11(2)14(3,4)5/h7-11,15H,6H2,1-5H3. The number of hydrogen-bond acceptors (Lipinski definition) is 2. The molecule has 0 heterocycles. The fourth-order valence-electron chi connectivity index (χ4n) is 1.28. The second kappa shape index (κ2) is 5.24. The van der Waals surface area contributed by atoms with Gasteiger partial charge in [-0.05, 0) is 43.5 Å². The Balaban J connectivity index is 2.62. The summed E-state index contributed by atoms with van der Waals surface area (Å²) < 4.78 is 5.41. The lowest BCUT2D eigenvalue weighted by atomic mass is 9.88. The quantitative estimate of drug-likeness (QED) is 0.831. The van der Waals surface area contributed by atoms with E-state index in [1.165, 1.54) is 0 Å². The zero-order valence-electron chi connectivity index (χ0n) is 11.0. The summed E-state index contributed by atoms with van der Waals surface area (Å²) in [7, 11) is 0. The first-order chi connectivity index (χ1) is 7.43. The number of hydrogen-bond donors (Lipinski definition) is 1. The minimum absolute atomic E-state index is 0.262. The summed E-state index contributed by atoms with van der Waals surface area (Å²) in [4.78, 5) is 0. The van der Waals surface area contributed by atoms with Crippen LogP contribution in [0.3, 0.4) is 0 Å². The summed E-state index contributed by atoms with van der Waals surface area (Å²) in [5.41, 5.74) is 1.41. The van der Waals surface area contributed by atoms with Crippen LogP contribution in [0.1, 0.15) is 34.6 Å². The molecule has 0 aromatic heterocycles. The van der Waals surface area contributed by atoms with Gasteiger partial charge in [0, 0.05) is 11.7 Å². The molecule has 2 heteroatoms. The third-order valence-corrected chi connectivity index (χ3v) is 2.85. The fraction of sp³-hybridized carbons (Fsp3) is 0.571. The highest BCUT2D eigenvalue weighted by Gasteiger charge is 2.19. The number of anilines is 1. The van der Waals surface area contributed by atoms with Gasteiger partial charge in [0.1, 0.15) is 5.75 Å². The molecule has 0 aliphatic rings. The van der Waals surface area contributed by atoms with E-state index in [1.807, 2.05) is 19.1 Å². The molecule has 1 atom stereocenters. The molecule has 1 unspecified atom stereocenters. The number of ether oxygens (including phenoxy) is 1. The summed E-state index contributed by atoms with van der Waals surface area (Å²) in [6.07, 6.45) is 0. The van der Waals surface area contributed by atoms with Crippen molar-refractivity contribution in [2.45, 2.75) is 40.7 Å². The van der Waals surface area contributed by atoms with Crippen molar-refractivity contribution in [3.05, 3.63) is 24.3 Å². The molecule has 0 saturated heterocycles. The van der Waals surface area contributed by atoms with Crippen LogP contribution in [-0.4, -0.2) is 12.6 Å². The van der Waals surface area contributed by atoms with Gasteiger partial charge in [-0.2, -0.15) is 0 Å². The molecule has 0 amide bonds. The average Bonchev–Trinajstić information content (AvgIpc) is 2.20. The molecule has 0 saturated carbocycles. The molecule has 16 heavy (non-hydrogen) atoms. The maximum Gasteiger partial charge on any atom is 0.119 e. The first-order valence-electron chi connectivity index (χ1n) is 5.93. The molecular weight excluding hydrogens is 198 g/mol. The van der Waals surface area contributed by atoms with Gasteiger partial charge >= 0.3 is 0 Å². The lowest BCUT2D eigenvalue weighted by molar-refractivity contribution is 0.340. The molecule has 1 rings (SSSR count). The molecule has 1 aromatic carbocycles. The highest BCUT2D eigenvalue weighted by molar-refractivity contribution is 5.47. The van der Waals surface area contributed by atoms with Crippen molar-refractivity contribution in [1.82, 2.24) is 0 Å². The van der Waals surface area contributed by atoms with E-state index in [0.717, 1.165) is 11.4 Å². The maximum absolute atomic E-state index is 5.41. The van der Waals surface area contributed by atoms with Crippen LogP contribution in [-0.2, 0) is 0 Å². The smallest absolute Gasteiger partial charge is 0.119 e. The van der Waals surface area contributed by atoms with E-state index in [9.17, 15) is 0 Å². The summed E-state index contributed by atoms with van der Waals surface area (Å²) in [6, 6.07) is 8.56. The molecule has 0 spiro atoms. The van der Waals surface area contributed by atoms with Crippen molar-refractivity contribution < 1.29 is 4.74 Å².